The molecule has 3 nitrogen and oxygen atoms in total. The van der Waals surface area contributed by atoms with Gasteiger partial charge in [-0.2, -0.15) is 0 Å². The zero-order valence-electron chi connectivity index (χ0n) is 10.0. The molecule has 19 heavy (non-hydrogen) atoms. The molecule has 0 radical (unpaired) electrons. The lowest BCUT2D eigenvalue weighted by Crippen LogP contribution is -2.23. The Labute approximate surface area is 113 Å². The molecule has 0 fully saturated rings. The Morgan fingerprint density at radius 1 is 1.37 bits per heavy atom. The molecule has 98 valence electrons. The van der Waals surface area contributed by atoms with Gasteiger partial charge < -0.3 is 5.11 Å². The third-order valence-corrected chi connectivity index (χ3v) is 4.60. The van der Waals surface area contributed by atoms with Gasteiger partial charge in [-0.1, -0.05) is 12.2 Å². The predicted octanol–water partition coefficient (Wildman–Crippen LogP) is 3.57. The number of nitrogens with zero attached hydrogens (tertiary/aromatic N) is 1. The van der Waals surface area contributed by atoms with E-state index in [2.05, 4.69) is 4.98 Å². The minimum absolute atomic E-state index is 0.108. The van der Waals surface area contributed by atoms with E-state index in [1.807, 2.05) is 12.2 Å². The Morgan fingerprint density at radius 3 is 2.95 bits per heavy atom. The molecule has 0 saturated heterocycles. The van der Waals surface area contributed by atoms with Crippen molar-refractivity contribution in [1.82, 2.24) is 4.98 Å². The molecule has 0 amide bonds. The van der Waals surface area contributed by atoms with Crippen molar-refractivity contribution in [3.05, 3.63) is 41.2 Å². The second kappa shape index (κ2) is 4.74. The number of allylic oxidation sites excluding steroid dienone is 2. The molecule has 5 heteroatoms. The van der Waals surface area contributed by atoms with E-state index in [1.54, 1.807) is 6.07 Å². The SMILES string of the molecule is O=C(O)[C@H]1CC=CC[C@H]1c1nc2cc(F)ccc2s1. The van der Waals surface area contributed by atoms with Crippen LogP contribution in [0.2, 0.25) is 0 Å². The molecule has 1 aliphatic rings. The van der Waals surface area contributed by atoms with Gasteiger partial charge in [-0.25, -0.2) is 9.37 Å². The van der Waals surface area contributed by atoms with Crippen molar-refractivity contribution in [1.29, 1.82) is 0 Å². The van der Waals surface area contributed by atoms with Crippen LogP contribution in [0.5, 0.6) is 0 Å². The van der Waals surface area contributed by atoms with E-state index in [0.29, 0.717) is 18.4 Å². The van der Waals surface area contributed by atoms with E-state index in [0.717, 1.165) is 9.71 Å². The number of benzene rings is 1. The summed E-state index contributed by atoms with van der Waals surface area (Å²) in [6.45, 7) is 0. The van der Waals surface area contributed by atoms with Crippen LogP contribution in [0.15, 0.2) is 30.4 Å². The second-order valence-corrected chi connectivity index (χ2v) is 5.72. The van der Waals surface area contributed by atoms with Crippen LogP contribution in [0.3, 0.4) is 0 Å². The van der Waals surface area contributed by atoms with Gasteiger partial charge in [0.1, 0.15) is 5.82 Å². The number of fused-ring (bicyclic) bond motifs is 1. The van der Waals surface area contributed by atoms with Gasteiger partial charge in [-0.3, -0.25) is 4.79 Å². The lowest BCUT2D eigenvalue weighted by molar-refractivity contribution is -0.142. The van der Waals surface area contributed by atoms with Crippen molar-refractivity contribution in [3.63, 3.8) is 0 Å². The fourth-order valence-corrected chi connectivity index (χ4v) is 3.56. The Hall–Kier alpha value is -1.75. The second-order valence-electron chi connectivity index (χ2n) is 4.66. The number of aliphatic carboxylic acids is 1. The first kappa shape index (κ1) is 12.3. The minimum atomic E-state index is -0.792. The number of carbonyl (C=O) groups is 1. The van der Waals surface area contributed by atoms with Gasteiger partial charge in [0, 0.05) is 12.0 Å². The van der Waals surface area contributed by atoms with Crippen LogP contribution in [0.4, 0.5) is 4.39 Å². The highest BCUT2D eigenvalue weighted by Crippen LogP contribution is 2.38. The van der Waals surface area contributed by atoms with Crippen molar-refractivity contribution in [2.75, 3.05) is 0 Å². The van der Waals surface area contributed by atoms with Gasteiger partial charge in [-0.15, -0.1) is 11.3 Å². The van der Waals surface area contributed by atoms with Crippen molar-refractivity contribution in [2.24, 2.45) is 5.92 Å². The van der Waals surface area contributed by atoms with Crippen LogP contribution in [-0.4, -0.2) is 16.1 Å². The maximum absolute atomic E-state index is 13.2. The number of hydrogen-bond donors (Lipinski definition) is 1. The summed E-state index contributed by atoms with van der Waals surface area (Å²) in [5.41, 5.74) is 0.610. The highest BCUT2D eigenvalue weighted by molar-refractivity contribution is 7.18. The maximum Gasteiger partial charge on any atom is 0.307 e. The average molecular weight is 277 g/mol. The average Bonchev–Trinajstić information content (AvgIpc) is 2.81. The van der Waals surface area contributed by atoms with E-state index >= 15 is 0 Å². The quantitative estimate of drug-likeness (QED) is 0.854. The molecule has 2 aromatic rings. The monoisotopic (exact) mass is 277 g/mol. The van der Waals surface area contributed by atoms with Crippen molar-refractivity contribution < 1.29 is 14.3 Å². The number of rotatable bonds is 2. The predicted molar refractivity (Wildman–Crippen MR) is 71.8 cm³/mol. The summed E-state index contributed by atoms with van der Waals surface area (Å²) in [5, 5.41) is 10.1. The summed E-state index contributed by atoms with van der Waals surface area (Å²) in [5.74, 6) is -1.65. The van der Waals surface area contributed by atoms with Crippen molar-refractivity contribution in [3.8, 4) is 0 Å². The minimum Gasteiger partial charge on any atom is -0.481 e. The molecule has 0 spiro atoms. The van der Waals surface area contributed by atoms with E-state index in [9.17, 15) is 14.3 Å². The molecule has 0 aliphatic heterocycles. The number of carboxylic acid groups (broad SMARTS) is 1. The van der Waals surface area contributed by atoms with Gasteiger partial charge in [0.15, 0.2) is 0 Å². The molecule has 1 N–H and O–H groups in total. The van der Waals surface area contributed by atoms with Gasteiger partial charge in [0.25, 0.3) is 0 Å². The molecular formula is C14H12FNO2S. The zero-order chi connectivity index (χ0) is 13.4. The lowest BCUT2D eigenvalue weighted by Gasteiger charge is -2.22. The number of aromatic nitrogens is 1. The van der Waals surface area contributed by atoms with Gasteiger partial charge in [-0.05, 0) is 25.0 Å². The summed E-state index contributed by atoms with van der Waals surface area (Å²) >= 11 is 1.46. The Kier molecular flexibility index (Phi) is 3.06. The summed E-state index contributed by atoms with van der Waals surface area (Å²) in [7, 11) is 0. The highest BCUT2D eigenvalue weighted by Gasteiger charge is 2.32. The topological polar surface area (TPSA) is 50.2 Å². The van der Waals surface area contributed by atoms with E-state index in [1.165, 1.54) is 23.5 Å². The standard InChI is InChI=1S/C14H12FNO2S/c15-8-5-6-12-11(7-8)16-13(19-12)9-3-1-2-4-10(9)14(17)18/h1-2,5-7,9-10H,3-4H2,(H,17,18)/t9-,10+/m1/s1. The van der Waals surface area contributed by atoms with E-state index < -0.39 is 11.9 Å². The summed E-state index contributed by atoms with van der Waals surface area (Å²) in [6.07, 6.45) is 5.11. The smallest absolute Gasteiger partial charge is 0.307 e. The van der Waals surface area contributed by atoms with Crippen LogP contribution in [-0.2, 0) is 4.79 Å². The molecule has 2 atom stereocenters. The Morgan fingerprint density at radius 2 is 2.16 bits per heavy atom. The highest BCUT2D eigenvalue weighted by atomic mass is 32.1. The number of halogens is 1. The molecule has 1 aromatic heterocycles. The molecule has 0 saturated carbocycles. The number of thiazole rings is 1. The van der Waals surface area contributed by atoms with Gasteiger partial charge in [0.2, 0.25) is 0 Å². The first-order valence-electron chi connectivity index (χ1n) is 6.09. The number of hydrogen-bond acceptors (Lipinski definition) is 3. The third-order valence-electron chi connectivity index (χ3n) is 3.43. The third kappa shape index (κ3) is 2.26. The molecule has 1 aliphatic carbocycles. The molecule has 0 unspecified atom stereocenters. The fraction of sp³-hybridized carbons (Fsp3) is 0.286. The fourth-order valence-electron chi connectivity index (χ4n) is 2.44. The van der Waals surface area contributed by atoms with Crippen molar-refractivity contribution in [2.45, 2.75) is 18.8 Å². The van der Waals surface area contributed by atoms with Crippen LogP contribution < -0.4 is 0 Å². The largest absolute Gasteiger partial charge is 0.481 e. The van der Waals surface area contributed by atoms with Gasteiger partial charge >= 0.3 is 5.97 Å². The van der Waals surface area contributed by atoms with E-state index in [-0.39, 0.29) is 11.7 Å². The molecule has 0 bridgehead atoms. The summed E-state index contributed by atoms with van der Waals surface area (Å²) < 4.78 is 14.1. The van der Waals surface area contributed by atoms with Crippen molar-refractivity contribution >= 4 is 27.5 Å². The Balaban J connectivity index is 2.02. The zero-order valence-corrected chi connectivity index (χ0v) is 10.9. The van der Waals surface area contributed by atoms with Crippen LogP contribution in [0.25, 0.3) is 10.2 Å². The van der Waals surface area contributed by atoms with Gasteiger partial charge in [0.05, 0.1) is 21.1 Å². The summed E-state index contributed by atoms with van der Waals surface area (Å²) in [4.78, 5) is 15.7. The van der Waals surface area contributed by atoms with Crippen LogP contribution >= 0.6 is 11.3 Å². The molecular weight excluding hydrogens is 265 g/mol. The van der Waals surface area contributed by atoms with E-state index in [4.69, 9.17) is 0 Å². The maximum atomic E-state index is 13.2. The van der Waals surface area contributed by atoms with Crippen LogP contribution in [0, 0.1) is 11.7 Å². The normalized spacial score (nSPS) is 22.8. The summed E-state index contributed by atoms with van der Waals surface area (Å²) in [6, 6.07) is 4.49. The first-order valence-corrected chi connectivity index (χ1v) is 6.90. The lowest BCUT2D eigenvalue weighted by atomic mass is 9.83. The number of carboxylic acids is 1. The Bertz CT molecular complexity index is 665. The van der Waals surface area contributed by atoms with Crippen LogP contribution in [0.1, 0.15) is 23.8 Å². The molecule has 3 rings (SSSR count). The molecule has 1 aromatic carbocycles. The molecule has 1 heterocycles. The first-order chi connectivity index (χ1) is 9.15.